The Bertz CT molecular complexity index is 1200. The van der Waals surface area contributed by atoms with Crippen LogP contribution >= 0.6 is 11.8 Å². The number of oxazole rings is 1. The van der Waals surface area contributed by atoms with E-state index in [4.69, 9.17) is 9.68 Å². The molecule has 33 heavy (non-hydrogen) atoms. The zero-order valence-corrected chi connectivity index (χ0v) is 18.5. The molecule has 0 bridgehead atoms. The Kier molecular flexibility index (Phi) is 7.18. The molecule has 0 aliphatic rings. The Morgan fingerprint density at radius 1 is 0.970 bits per heavy atom. The van der Waals surface area contributed by atoms with Gasteiger partial charge in [-0.3, -0.25) is 4.79 Å². The van der Waals surface area contributed by atoms with E-state index >= 15 is 0 Å². The van der Waals surface area contributed by atoms with Gasteiger partial charge in [-0.2, -0.15) is 5.26 Å². The number of hydrogen-bond donors (Lipinski definition) is 0. The fourth-order valence-corrected chi connectivity index (χ4v) is 4.02. The van der Waals surface area contributed by atoms with Crippen molar-refractivity contribution in [1.29, 1.82) is 5.26 Å². The summed E-state index contributed by atoms with van der Waals surface area (Å²) >= 11 is 1.19. The molecule has 5 nitrogen and oxygen atoms in total. The number of carbonyl (C=O) groups is 1. The maximum atomic E-state index is 13.3. The van der Waals surface area contributed by atoms with Crippen molar-refractivity contribution in [2.24, 2.45) is 0 Å². The van der Waals surface area contributed by atoms with Crippen molar-refractivity contribution >= 4 is 23.4 Å². The Balaban J connectivity index is 1.57. The summed E-state index contributed by atoms with van der Waals surface area (Å²) in [6, 6.07) is 27.1. The van der Waals surface area contributed by atoms with E-state index < -0.39 is 0 Å². The van der Waals surface area contributed by atoms with Gasteiger partial charge in [0.15, 0.2) is 5.76 Å². The van der Waals surface area contributed by atoms with Gasteiger partial charge in [-0.15, -0.1) is 0 Å². The van der Waals surface area contributed by atoms with Gasteiger partial charge in [-0.1, -0.05) is 72.4 Å². The zero-order valence-electron chi connectivity index (χ0n) is 17.6. The predicted octanol–water partition coefficient (Wildman–Crippen LogP) is 6.19. The van der Waals surface area contributed by atoms with Gasteiger partial charge in [0.05, 0.1) is 18.2 Å². The molecule has 0 N–H and O–H groups in total. The third kappa shape index (κ3) is 5.48. The third-order valence-electron chi connectivity index (χ3n) is 4.90. The Hall–Kier alpha value is -3.89. The molecule has 3 aromatic carbocycles. The quantitative estimate of drug-likeness (QED) is 0.295. The lowest BCUT2D eigenvalue weighted by Gasteiger charge is -2.21. The van der Waals surface area contributed by atoms with E-state index in [1.54, 1.807) is 0 Å². The predicted molar refractivity (Wildman–Crippen MR) is 127 cm³/mol. The van der Waals surface area contributed by atoms with Crippen LogP contribution in [0, 0.1) is 17.1 Å². The first kappa shape index (κ1) is 22.3. The highest BCUT2D eigenvalue weighted by molar-refractivity contribution is 7.99. The standard InChI is InChI=1S/C26H20FN3O2S/c27-21-12-14-22(15-13-21)30(17-7-16-28)23(31)18-33-26-29-24(19-8-3-1-4-9-19)25(32-26)20-10-5-2-6-11-20/h1-6,8-15H,7,17-18H2. The molecule has 1 amide bonds. The van der Waals surface area contributed by atoms with Gasteiger partial charge >= 0.3 is 0 Å². The van der Waals surface area contributed by atoms with Gasteiger partial charge in [0.2, 0.25) is 5.91 Å². The van der Waals surface area contributed by atoms with Crippen molar-refractivity contribution in [3.63, 3.8) is 0 Å². The topological polar surface area (TPSA) is 70.1 Å². The van der Waals surface area contributed by atoms with Crippen molar-refractivity contribution in [3.8, 4) is 28.7 Å². The van der Waals surface area contributed by atoms with Crippen LogP contribution in [0.1, 0.15) is 6.42 Å². The number of nitrogens with zero attached hydrogens (tertiary/aromatic N) is 3. The molecule has 0 aliphatic carbocycles. The highest BCUT2D eigenvalue weighted by atomic mass is 32.2. The van der Waals surface area contributed by atoms with Crippen LogP contribution in [0.4, 0.5) is 10.1 Å². The fraction of sp³-hybridized carbons (Fsp3) is 0.115. The van der Waals surface area contributed by atoms with Gasteiger partial charge in [0, 0.05) is 23.4 Å². The second-order valence-corrected chi connectivity index (χ2v) is 8.03. The Morgan fingerprint density at radius 2 is 1.61 bits per heavy atom. The lowest BCUT2D eigenvalue weighted by atomic mass is 10.1. The monoisotopic (exact) mass is 457 g/mol. The highest BCUT2D eigenvalue weighted by Crippen LogP contribution is 2.35. The molecule has 0 saturated carbocycles. The van der Waals surface area contributed by atoms with Crippen LogP contribution in [-0.4, -0.2) is 23.2 Å². The van der Waals surface area contributed by atoms with Gasteiger partial charge in [-0.05, 0) is 24.3 Å². The number of halogens is 1. The van der Waals surface area contributed by atoms with Crippen LogP contribution < -0.4 is 4.90 Å². The summed E-state index contributed by atoms with van der Waals surface area (Å²) in [5, 5.41) is 9.34. The van der Waals surface area contributed by atoms with Gasteiger partial charge in [0.1, 0.15) is 11.5 Å². The lowest BCUT2D eigenvalue weighted by molar-refractivity contribution is -0.116. The minimum absolute atomic E-state index is 0.0613. The first-order valence-electron chi connectivity index (χ1n) is 10.3. The smallest absolute Gasteiger partial charge is 0.257 e. The molecule has 0 atom stereocenters. The van der Waals surface area contributed by atoms with E-state index in [0.29, 0.717) is 22.4 Å². The summed E-state index contributed by atoms with van der Waals surface area (Å²) in [6.07, 6.45) is 0.170. The summed E-state index contributed by atoms with van der Waals surface area (Å²) in [6.45, 7) is 0.220. The van der Waals surface area contributed by atoms with Gasteiger partial charge in [-0.25, -0.2) is 9.37 Å². The van der Waals surface area contributed by atoms with Crippen molar-refractivity contribution in [1.82, 2.24) is 4.98 Å². The summed E-state index contributed by atoms with van der Waals surface area (Å²) in [5.41, 5.74) is 3.06. The van der Waals surface area contributed by atoms with Gasteiger partial charge in [0.25, 0.3) is 5.22 Å². The lowest BCUT2D eigenvalue weighted by Crippen LogP contribution is -2.33. The van der Waals surface area contributed by atoms with Crippen molar-refractivity contribution in [3.05, 3.63) is 90.7 Å². The average molecular weight is 458 g/mol. The second-order valence-electron chi connectivity index (χ2n) is 7.11. The molecular weight excluding hydrogens is 437 g/mol. The van der Waals surface area contributed by atoms with E-state index in [2.05, 4.69) is 4.98 Å². The summed E-state index contributed by atoms with van der Waals surface area (Å²) in [7, 11) is 0. The maximum Gasteiger partial charge on any atom is 0.257 e. The van der Waals surface area contributed by atoms with Crippen LogP contribution in [0.25, 0.3) is 22.6 Å². The van der Waals surface area contributed by atoms with Crippen LogP contribution in [0.15, 0.2) is 94.6 Å². The third-order valence-corrected chi connectivity index (χ3v) is 5.71. The molecule has 0 fully saturated rings. The summed E-state index contributed by atoms with van der Waals surface area (Å²) in [4.78, 5) is 19.1. The molecule has 1 aromatic heterocycles. The maximum absolute atomic E-state index is 13.3. The van der Waals surface area contributed by atoms with E-state index in [9.17, 15) is 9.18 Å². The normalized spacial score (nSPS) is 10.5. The van der Waals surface area contributed by atoms with E-state index in [1.807, 2.05) is 66.7 Å². The summed E-state index contributed by atoms with van der Waals surface area (Å²) < 4.78 is 19.4. The molecule has 0 saturated heterocycles. The van der Waals surface area contributed by atoms with E-state index in [0.717, 1.165) is 11.1 Å². The Labute approximate surface area is 195 Å². The van der Waals surface area contributed by atoms with Crippen molar-refractivity contribution in [2.75, 3.05) is 17.2 Å². The number of hydrogen-bond acceptors (Lipinski definition) is 5. The minimum atomic E-state index is -0.387. The molecule has 164 valence electrons. The zero-order chi connectivity index (χ0) is 23.0. The summed E-state index contributed by atoms with van der Waals surface area (Å²) in [5.74, 6) is 0.0906. The number of amides is 1. The van der Waals surface area contributed by atoms with Crippen molar-refractivity contribution in [2.45, 2.75) is 11.6 Å². The van der Waals surface area contributed by atoms with Crippen molar-refractivity contribution < 1.29 is 13.6 Å². The molecule has 0 spiro atoms. The molecule has 7 heteroatoms. The minimum Gasteiger partial charge on any atom is -0.431 e. The number of carbonyl (C=O) groups excluding carboxylic acids is 1. The first-order valence-corrected chi connectivity index (χ1v) is 11.3. The fourth-order valence-electron chi connectivity index (χ4n) is 3.32. The number of rotatable bonds is 8. The van der Waals surface area contributed by atoms with Gasteiger partial charge < -0.3 is 9.32 Å². The number of benzene rings is 3. The SMILES string of the molecule is N#CCCN(C(=O)CSc1nc(-c2ccccc2)c(-c2ccccc2)o1)c1ccc(F)cc1. The largest absolute Gasteiger partial charge is 0.431 e. The van der Waals surface area contributed by atoms with Crippen LogP contribution in [0.2, 0.25) is 0 Å². The first-order chi connectivity index (χ1) is 16.2. The number of aromatic nitrogens is 1. The molecule has 1 heterocycles. The number of thioether (sulfide) groups is 1. The second kappa shape index (κ2) is 10.6. The van der Waals surface area contributed by atoms with Crippen LogP contribution in [0.3, 0.4) is 0 Å². The molecule has 0 unspecified atom stereocenters. The highest BCUT2D eigenvalue weighted by Gasteiger charge is 2.20. The average Bonchev–Trinajstić information content (AvgIpc) is 3.29. The van der Waals surface area contributed by atoms with E-state index in [-0.39, 0.29) is 30.4 Å². The molecular formula is C26H20FN3O2S. The Morgan fingerprint density at radius 3 is 2.24 bits per heavy atom. The van der Waals surface area contributed by atoms with Crippen LogP contribution in [-0.2, 0) is 4.79 Å². The number of nitriles is 1. The molecule has 0 aliphatic heterocycles. The van der Waals surface area contributed by atoms with E-state index in [1.165, 1.54) is 40.9 Å². The van der Waals surface area contributed by atoms with Crippen LogP contribution in [0.5, 0.6) is 0 Å². The molecule has 4 aromatic rings. The molecule has 4 rings (SSSR count). The number of anilines is 1. The molecule has 0 radical (unpaired) electrons.